The van der Waals surface area contributed by atoms with E-state index in [2.05, 4.69) is 20.5 Å². The Morgan fingerprint density at radius 3 is 2.64 bits per heavy atom. The molecule has 142 valence electrons. The highest BCUT2D eigenvalue weighted by Gasteiger charge is 2.12. The highest BCUT2D eigenvalue weighted by Crippen LogP contribution is 2.21. The molecule has 0 saturated carbocycles. The quantitative estimate of drug-likeness (QED) is 0.495. The molecule has 4 rings (SSSR count). The fourth-order valence-electron chi connectivity index (χ4n) is 2.69. The third-order valence-corrected chi connectivity index (χ3v) is 4.07. The van der Waals surface area contributed by atoms with Gasteiger partial charge < -0.3 is 9.47 Å². The lowest BCUT2D eigenvalue weighted by Crippen LogP contribution is -2.23. The van der Waals surface area contributed by atoms with Crippen LogP contribution in [0.4, 0.5) is 0 Å². The number of nitrogens with zero attached hydrogens (tertiary/aromatic N) is 7. The number of rotatable bonds is 6. The number of ether oxygens (including phenoxy) is 2. The molecular weight excluding hydrogens is 362 g/mol. The third-order valence-electron chi connectivity index (χ3n) is 4.07. The summed E-state index contributed by atoms with van der Waals surface area (Å²) in [6.07, 6.45) is 3.41. The lowest BCUT2D eigenvalue weighted by atomic mass is 10.2. The molecule has 10 heteroatoms. The number of benzene rings is 1. The van der Waals surface area contributed by atoms with Gasteiger partial charge in [-0.3, -0.25) is 0 Å². The summed E-state index contributed by atoms with van der Waals surface area (Å²) in [5, 5.41) is 12.0. The number of para-hydroxylation sites is 1. The number of aryl methyl sites for hydroxylation is 1. The minimum atomic E-state index is -0.333. The van der Waals surface area contributed by atoms with Gasteiger partial charge in [0.2, 0.25) is 11.8 Å². The van der Waals surface area contributed by atoms with E-state index in [4.69, 9.17) is 9.47 Å². The molecule has 0 saturated heterocycles. The van der Waals surface area contributed by atoms with Crippen molar-refractivity contribution in [1.82, 2.24) is 34.6 Å². The van der Waals surface area contributed by atoms with E-state index in [0.717, 1.165) is 5.56 Å². The average Bonchev–Trinajstić information content (AvgIpc) is 3.34. The molecule has 10 nitrogen and oxygen atoms in total. The molecule has 28 heavy (non-hydrogen) atoms. The van der Waals surface area contributed by atoms with Gasteiger partial charge in [0.15, 0.2) is 0 Å². The first kappa shape index (κ1) is 17.5. The van der Waals surface area contributed by atoms with Gasteiger partial charge in [-0.2, -0.15) is 9.36 Å². The second-order valence-corrected chi connectivity index (χ2v) is 5.84. The van der Waals surface area contributed by atoms with Crippen LogP contribution < -0.4 is 15.2 Å². The van der Waals surface area contributed by atoms with Crippen molar-refractivity contribution < 1.29 is 9.47 Å². The molecule has 3 heterocycles. The van der Waals surface area contributed by atoms with Crippen LogP contribution in [0.3, 0.4) is 0 Å². The highest BCUT2D eigenvalue weighted by molar-refractivity contribution is 5.41. The molecule has 0 fully saturated rings. The molecule has 1 aromatic carbocycles. The monoisotopic (exact) mass is 379 g/mol. The number of hydrogen-bond donors (Lipinski definition) is 0. The minimum absolute atomic E-state index is 0.209. The number of tetrazole rings is 1. The van der Waals surface area contributed by atoms with Crippen LogP contribution in [0, 0.1) is 0 Å². The zero-order valence-corrected chi connectivity index (χ0v) is 15.3. The van der Waals surface area contributed by atoms with Crippen molar-refractivity contribution in [3.05, 3.63) is 70.9 Å². The van der Waals surface area contributed by atoms with Gasteiger partial charge in [0.25, 0.3) is 0 Å². The lowest BCUT2D eigenvalue weighted by Gasteiger charge is -2.08. The number of methoxy groups -OCH3 is 1. The van der Waals surface area contributed by atoms with Gasteiger partial charge in [-0.15, -0.1) is 5.10 Å². The fourth-order valence-corrected chi connectivity index (χ4v) is 2.69. The van der Waals surface area contributed by atoms with Gasteiger partial charge in [0.1, 0.15) is 12.3 Å². The van der Waals surface area contributed by atoms with Crippen LogP contribution in [0.15, 0.2) is 59.7 Å². The highest BCUT2D eigenvalue weighted by atomic mass is 16.5. The van der Waals surface area contributed by atoms with Crippen molar-refractivity contribution in [2.75, 3.05) is 7.11 Å². The number of aromatic nitrogens is 7. The zero-order chi connectivity index (χ0) is 19.5. The van der Waals surface area contributed by atoms with Gasteiger partial charge >= 0.3 is 5.69 Å². The summed E-state index contributed by atoms with van der Waals surface area (Å²) in [6, 6.07) is 12.7. The molecule has 0 aliphatic carbocycles. The third kappa shape index (κ3) is 3.22. The molecule has 0 spiro atoms. The van der Waals surface area contributed by atoms with Crippen molar-refractivity contribution in [3.8, 4) is 23.1 Å². The summed E-state index contributed by atoms with van der Waals surface area (Å²) in [7, 11) is 3.10. The fraction of sp³-hybridized carbons (Fsp3) is 0.167. The van der Waals surface area contributed by atoms with Gasteiger partial charge in [0.05, 0.1) is 12.8 Å². The average molecular weight is 379 g/mol. The molecule has 0 N–H and O–H groups in total. The van der Waals surface area contributed by atoms with Crippen LogP contribution in [0.5, 0.6) is 11.8 Å². The van der Waals surface area contributed by atoms with E-state index < -0.39 is 0 Å². The summed E-state index contributed by atoms with van der Waals surface area (Å²) in [5.41, 5.74) is 1.75. The predicted octanol–water partition coefficient (Wildman–Crippen LogP) is 1.13. The Hall–Kier alpha value is -3.95. The molecule has 0 atom stereocenters. The Bertz CT molecular complexity index is 1160. The molecule has 3 aromatic heterocycles. The predicted molar refractivity (Wildman–Crippen MR) is 98.8 cm³/mol. The van der Waals surface area contributed by atoms with Crippen molar-refractivity contribution in [1.29, 1.82) is 0 Å². The van der Waals surface area contributed by atoms with Crippen molar-refractivity contribution in [2.24, 2.45) is 7.05 Å². The van der Waals surface area contributed by atoms with Gasteiger partial charge in [-0.25, -0.2) is 14.5 Å². The summed E-state index contributed by atoms with van der Waals surface area (Å²) in [4.78, 5) is 16.3. The van der Waals surface area contributed by atoms with Gasteiger partial charge in [-0.05, 0) is 28.6 Å². The smallest absolute Gasteiger partial charge is 0.368 e. The summed E-state index contributed by atoms with van der Waals surface area (Å²) in [6.45, 7) is 0.209. The second-order valence-electron chi connectivity index (χ2n) is 5.84. The van der Waals surface area contributed by atoms with Crippen molar-refractivity contribution >= 4 is 0 Å². The maximum atomic E-state index is 12.1. The number of hydrogen-bond acceptors (Lipinski definition) is 7. The molecule has 0 unspecified atom stereocenters. The number of pyridine rings is 1. The summed E-state index contributed by atoms with van der Waals surface area (Å²) < 4.78 is 15.1. The Balaban J connectivity index is 1.56. The van der Waals surface area contributed by atoms with Gasteiger partial charge in [0, 0.05) is 31.1 Å². The normalized spacial score (nSPS) is 10.8. The van der Waals surface area contributed by atoms with Crippen LogP contribution in [-0.4, -0.2) is 41.7 Å². The van der Waals surface area contributed by atoms with Crippen molar-refractivity contribution in [2.45, 2.75) is 6.61 Å². The van der Waals surface area contributed by atoms with Crippen LogP contribution in [0.25, 0.3) is 11.4 Å². The Morgan fingerprint density at radius 1 is 1.04 bits per heavy atom. The van der Waals surface area contributed by atoms with Crippen LogP contribution in [-0.2, 0) is 13.7 Å². The first-order valence-corrected chi connectivity index (χ1v) is 8.42. The largest absolute Gasteiger partial charge is 0.479 e. The summed E-state index contributed by atoms with van der Waals surface area (Å²) >= 11 is 0. The zero-order valence-electron chi connectivity index (χ0n) is 15.3. The molecular formula is C18H17N7O3. The first-order chi connectivity index (χ1) is 13.7. The van der Waals surface area contributed by atoms with Gasteiger partial charge in [-0.1, -0.05) is 18.2 Å². The van der Waals surface area contributed by atoms with Crippen LogP contribution in [0.1, 0.15) is 5.56 Å². The van der Waals surface area contributed by atoms with Crippen LogP contribution in [0.2, 0.25) is 0 Å². The van der Waals surface area contributed by atoms with Crippen LogP contribution >= 0.6 is 0 Å². The Morgan fingerprint density at radius 2 is 1.86 bits per heavy atom. The maximum Gasteiger partial charge on any atom is 0.368 e. The van der Waals surface area contributed by atoms with E-state index in [0.29, 0.717) is 23.1 Å². The van der Waals surface area contributed by atoms with Crippen molar-refractivity contribution in [3.63, 3.8) is 0 Å². The standard InChI is InChI=1S/C18H17N7O3/c1-23-18(26)25(22-21-23)14-7-4-3-6-13(14)12-28-16-9-11-24(20-16)15-8-5-10-19-17(15)27-2/h3-11H,12H2,1-2H3. The molecule has 0 aliphatic rings. The maximum absolute atomic E-state index is 12.1. The molecule has 0 amide bonds. The van der Waals surface area contributed by atoms with E-state index in [1.54, 1.807) is 49.4 Å². The molecule has 0 bridgehead atoms. The van der Waals surface area contributed by atoms with E-state index in [1.807, 2.05) is 24.3 Å². The molecule has 0 radical (unpaired) electrons. The first-order valence-electron chi connectivity index (χ1n) is 8.42. The van der Waals surface area contributed by atoms with E-state index in [-0.39, 0.29) is 12.3 Å². The second kappa shape index (κ2) is 7.35. The lowest BCUT2D eigenvalue weighted by molar-refractivity contribution is 0.291. The topological polar surface area (TPSA) is 102 Å². The Kier molecular flexibility index (Phi) is 4.58. The minimum Gasteiger partial charge on any atom is -0.479 e. The van der Waals surface area contributed by atoms with E-state index >= 15 is 0 Å². The SMILES string of the molecule is COc1ncccc1-n1ccc(OCc2ccccc2-n2nnn(C)c2=O)n1. The van der Waals surface area contributed by atoms with E-state index in [1.165, 1.54) is 9.36 Å². The Labute approximate surface area is 159 Å². The van der Waals surface area contributed by atoms with E-state index in [9.17, 15) is 4.79 Å². The molecule has 4 aromatic rings. The summed E-state index contributed by atoms with van der Waals surface area (Å²) in [5.74, 6) is 0.886. The molecule has 0 aliphatic heterocycles.